The van der Waals surface area contributed by atoms with Crippen LogP contribution in [0, 0.1) is 0 Å². The van der Waals surface area contributed by atoms with E-state index in [1.807, 2.05) is 26.0 Å². The van der Waals surface area contributed by atoms with Gasteiger partial charge in [0.15, 0.2) is 0 Å². The largest absolute Gasteiger partial charge is 0.584 e. The van der Waals surface area contributed by atoms with E-state index in [9.17, 15) is 9.46 Å². The molecule has 0 spiro atoms. The molecule has 0 bridgehead atoms. The Bertz CT molecular complexity index is 640. The number of aryl methyl sites for hydroxylation is 1. The van der Waals surface area contributed by atoms with E-state index < -0.39 is 7.82 Å². The zero-order chi connectivity index (χ0) is 15.3. The molecule has 0 aliphatic heterocycles. The molecule has 1 N–H and O–H groups in total. The number of rotatable bonds is 6. The van der Waals surface area contributed by atoms with Crippen LogP contribution in [-0.2, 0) is 17.4 Å². The van der Waals surface area contributed by atoms with Crippen LogP contribution in [0.2, 0.25) is 0 Å². The van der Waals surface area contributed by atoms with E-state index in [-0.39, 0.29) is 0 Å². The lowest BCUT2D eigenvalue weighted by atomic mass is 10.0. The van der Waals surface area contributed by atoms with Gasteiger partial charge in [0.25, 0.3) is 0 Å². The quantitative estimate of drug-likeness (QED) is 0.805. The first-order valence-electron chi connectivity index (χ1n) is 6.93. The van der Waals surface area contributed by atoms with Gasteiger partial charge in [-0.15, -0.1) is 0 Å². The first kappa shape index (κ1) is 15.6. The van der Waals surface area contributed by atoms with Crippen molar-refractivity contribution < 1.29 is 18.5 Å². The molecule has 5 heteroatoms. The van der Waals surface area contributed by atoms with Gasteiger partial charge in [0.1, 0.15) is 11.5 Å². The van der Waals surface area contributed by atoms with Gasteiger partial charge >= 0.3 is 7.82 Å². The van der Waals surface area contributed by atoms with E-state index in [1.54, 1.807) is 36.4 Å². The lowest BCUT2D eigenvalue weighted by Crippen LogP contribution is -2.03. The van der Waals surface area contributed by atoms with Gasteiger partial charge < -0.3 is 9.05 Å². The van der Waals surface area contributed by atoms with Gasteiger partial charge in [-0.1, -0.05) is 44.2 Å². The Balaban J connectivity index is 2.22. The third-order valence-electron chi connectivity index (χ3n) is 3.14. The molecule has 1 unspecified atom stereocenters. The summed E-state index contributed by atoms with van der Waals surface area (Å²) in [4.78, 5) is 9.92. The monoisotopic (exact) mass is 306 g/mol. The van der Waals surface area contributed by atoms with E-state index in [0.717, 1.165) is 24.0 Å². The smallest absolute Gasteiger partial charge is 0.395 e. The molecule has 2 rings (SSSR count). The second-order valence-electron chi connectivity index (χ2n) is 4.57. The SMILES string of the molecule is CCc1cccc(OP(=O)(O)Oc2ccccc2)c1CC. The van der Waals surface area contributed by atoms with Crippen LogP contribution in [0.25, 0.3) is 0 Å². The zero-order valence-electron chi connectivity index (χ0n) is 12.2. The second kappa shape index (κ2) is 6.79. The molecule has 1 atom stereocenters. The predicted octanol–water partition coefficient (Wildman–Crippen LogP) is 4.37. The maximum Gasteiger partial charge on any atom is 0.584 e. The van der Waals surface area contributed by atoms with Gasteiger partial charge in [0.2, 0.25) is 0 Å². The minimum atomic E-state index is -4.21. The van der Waals surface area contributed by atoms with Crippen LogP contribution in [0.1, 0.15) is 25.0 Å². The highest BCUT2D eigenvalue weighted by Crippen LogP contribution is 2.45. The van der Waals surface area contributed by atoms with Crippen LogP contribution in [0.3, 0.4) is 0 Å². The summed E-state index contributed by atoms with van der Waals surface area (Å²) in [6.45, 7) is 4.03. The average Bonchev–Trinajstić information content (AvgIpc) is 2.47. The van der Waals surface area contributed by atoms with Crippen LogP contribution in [0.4, 0.5) is 0 Å². The first-order valence-corrected chi connectivity index (χ1v) is 8.43. The van der Waals surface area contributed by atoms with Crippen molar-refractivity contribution in [2.45, 2.75) is 26.7 Å². The zero-order valence-corrected chi connectivity index (χ0v) is 13.0. The summed E-state index contributed by atoms with van der Waals surface area (Å²) >= 11 is 0. The summed E-state index contributed by atoms with van der Waals surface area (Å²) in [6.07, 6.45) is 1.57. The molecule has 0 saturated heterocycles. The molecule has 0 saturated carbocycles. The highest BCUT2D eigenvalue weighted by atomic mass is 31.2. The van der Waals surface area contributed by atoms with Crippen molar-refractivity contribution in [2.75, 3.05) is 0 Å². The number of benzene rings is 2. The minimum Gasteiger partial charge on any atom is -0.395 e. The molecule has 0 aromatic heterocycles. The fraction of sp³-hybridized carbons (Fsp3) is 0.250. The summed E-state index contributed by atoms with van der Waals surface area (Å²) < 4.78 is 22.5. The fourth-order valence-corrected chi connectivity index (χ4v) is 3.03. The molecular formula is C16H19O4P. The maximum absolute atomic E-state index is 12.1. The Hall–Kier alpha value is -1.77. The molecule has 0 aliphatic rings. The minimum absolute atomic E-state index is 0.299. The molecule has 0 aliphatic carbocycles. The first-order chi connectivity index (χ1) is 10.1. The van der Waals surface area contributed by atoms with Crippen molar-refractivity contribution in [3.8, 4) is 11.5 Å². The van der Waals surface area contributed by atoms with E-state index in [2.05, 4.69) is 0 Å². The highest BCUT2D eigenvalue weighted by molar-refractivity contribution is 7.48. The fourth-order valence-electron chi connectivity index (χ4n) is 2.19. The standard InChI is InChI=1S/C16H19O4P/c1-3-13-9-8-12-16(15(13)4-2)20-21(17,18)19-14-10-6-5-7-11-14/h5-12H,3-4H2,1-2H3,(H,17,18). The molecular weight excluding hydrogens is 287 g/mol. The van der Waals surface area contributed by atoms with E-state index in [4.69, 9.17) is 9.05 Å². The van der Waals surface area contributed by atoms with Gasteiger partial charge in [0, 0.05) is 0 Å². The van der Waals surface area contributed by atoms with Gasteiger partial charge in [-0.05, 0) is 42.2 Å². The van der Waals surface area contributed by atoms with Crippen LogP contribution in [0.5, 0.6) is 11.5 Å². The van der Waals surface area contributed by atoms with Gasteiger partial charge in [-0.3, -0.25) is 4.89 Å². The van der Waals surface area contributed by atoms with Gasteiger partial charge in [-0.2, -0.15) is 0 Å². The molecule has 0 radical (unpaired) electrons. The van der Waals surface area contributed by atoms with Crippen molar-refractivity contribution in [3.05, 3.63) is 59.7 Å². The maximum atomic E-state index is 12.1. The molecule has 112 valence electrons. The lowest BCUT2D eigenvalue weighted by molar-refractivity contribution is 0.290. The summed E-state index contributed by atoms with van der Waals surface area (Å²) in [5.74, 6) is 0.701. The Labute approximate surface area is 125 Å². The van der Waals surface area contributed by atoms with Crippen molar-refractivity contribution in [2.24, 2.45) is 0 Å². The molecule has 0 heterocycles. The van der Waals surface area contributed by atoms with Gasteiger partial charge in [-0.25, -0.2) is 4.57 Å². The Morgan fingerprint density at radius 3 is 2.29 bits per heavy atom. The Morgan fingerprint density at radius 1 is 0.952 bits per heavy atom. The van der Waals surface area contributed by atoms with Crippen LogP contribution in [-0.4, -0.2) is 4.89 Å². The Morgan fingerprint density at radius 2 is 1.67 bits per heavy atom. The van der Waals surface area contributed by atoms with Crippen molar-refractivity contribution in [3.63, 3.8) is 0 Å². The number of hydrogen-bond donors (Lipinski definition) is 1. The predicted molar refractivity (Wildman–Crippen MR) is 82.7 cm³/mol. The van der Waals surface area contributed by atoms with Crippen molar-refractivity contribution in [1.29, 1.82) is 0 Å². The molecule has 0 amide bonds. The molecule has 2 aromatic carbocycles. The van der Waals surface area contributed by atoms with Crippen LogP contribution < -0.4 is 9.05 Å². The van der Waals surface area contributed by atoms with Crippen LogP contribution in [0.15, 0.2) is 48.5 Å². The highest BCUT2D eigenvalue weighted by Gasteiger charge is 2.26. The second-order valence-corrected chi connectivity index (χ2v) is 5.87. The summed E-state index contributed by atoms with van der Waals surface area (Å²) in [5.41, 5.74) is 2.04. The van der Waals surface area contributed by atoms with Gasteiger partial charge in [0.05, 0.1) is 0 Å². The number of para-hydroxylation sites is 1. The molecule has 4 nitrogen and oxygen atoms in total. The topological polar surface area (TPSA) is 55.8 Å². The van der Waals surface area contributed by atoms with Crippen molar-refractivity contribution in [1.82, 2.24) is 0 Å². The van der Waals surface area contributed by atoms with Crippen molar-refractivity contribution >= 4 is 7.82 Å². The summed E-state index contributed by atoms with van der Waals surface area (Å²) in [7, 11) is -4.21. The lowest BCUT2D eigenvalue weighted by Gasteiger charge is -2.17. The number of phosphoric acid groups is 1. The molecule has 2 aromatic rings. The third-order valence-corrected chi connectivity index (χ3v) is 4.01. The number of hydrogen-bond acceptors (Lipinski definition) is 3. The van der Waals surface area contributed by atoms with Crippen LogP contribution >= 0.6 is 7.82 Å². The Kier molecular flexibility index (Phi) is 5.05. The molecule has 21 heavy (non-hydrogen) atoms. The summed E-state index contributed by atoms with van der Waals surface area (Å²) in [5, 5.41) is 0. The van der Waals surface area contributed by atoms with E-state index in [1.165, 1.54) is 0 Å². The molecule has 0 fully saturated rings. The summed E-state index contributed by atoms with van der Waals surface area (Å²) in [6, 6.07) is 14.0. The average molecular weight is 306 g/mol. The van der Waals surface area contributed by atoms with E-state index in [0.29, 0.717) is 11.5 Å². The number of phosphoric ester groups is 1. The third kappa shape index (κ3) is 4.10. The van der Waals surface area contributed by atoms with E-state index >= 15 is 0 Å². The normalized spacial score (nSPS) is 13.5.